The number of aromatic nitrogens is 1. The van der Waals surface area contributed by atoms with Crippen molar-refractivity contribution in [2.75, 3.05) is 20.1 Å². The molecule has 170 valence electrons. The van der Waals surface area contributed by atoms with Crippen LogP contribution in [0.15, 0.2) is 73.1 Å². The summed E-state index contributed by atoms with van der Waals surface area (Å²) in [6.45, 7) is 3.18. The third-order valence-electron chi connectivity index (χ3n) is 6.63. The fourth-order valence-electron chi connectivity index (χ4n) is 4.86. The van der Waals surface area contributed by atoms with Crippen LogP contribution >= 0.6 is 0 Å². The average molecular weight is 442 g/mol. The first-order valence-electron chi connectivity index (χ1n) is 11.5. The third kappa shape index (κ3) is 5.14. The topological polar surface area (TPSA) is 62.3 Å². The zero-order valence-electron chi connectivity index (χ0n) is 19.4. The van der Waals surface area contributed by atoms with Crippen LogP contribution in [0.1, 0.15) is 29.5 Å². The van der Waals surface area contributed by atoms with Gasteiger partial charge in [-0.05, 0) is 54.5 Å². The van der Waals surface area contributed by atoms with Crippen LogP contribution in [0.25, 0.3) is 11.1 Å². The Labute approximate surface area is 195 Å². The standard InChI is InChI=1S/C28H31N3O2/c1-21-10-12-23(13-11-21)25-9-4-3-8-24(25)18-28(27(33)29-2)14-6-16-31(20-28)26(32)17-22-7-5-15-30-19-22/h3-5,7-13,15,19H,6,14,16-18,20H2,1-2H3,(H,29,33). The lowest BCUT2D eigenvalue weighted by Gasteiger charge is -2.42. The van der Waals surface area contributed by atoms with E-state index >= 15 is 0 Å². The molecule has 1 aliphatic rings. The molecule has 5 nitrogen and oxygen atoms in total. The van der Waals surface area contributed by atoms with Crippen molar-refractivity contribution in [3.8, 4) is 11.1 Å². The van der Waals surface area contributed by atoms with Gasteiger partial charge in [0, 0.05) is 32.5 Å². The van der Waals surface area contributed by atoms with Gasteiger partial charge in [-0.3, -0.25) is 14.6 Å². The Hall–Kier alpha value is -3.47. The molecule has 5 heteroatoms. The summed E-state index contributed by atoms with van der Waals surface area (Å²) in [5.74, 6) is 0.0443. The fourth-order valence-corrected chi connectivity index (χ4v) is 4.86. The molecule has 1 N–H and O–H groups in total. The fraction of sp³-hybridized carbons (Fsp3) is 0.321. The van der Waals surface area contributed by atoms with E-state index in [4.69, 9.17) is 0 Å². The number of hydrogen-bond donors (Lipinski definition) is 1. The molecule has 1 fully saturated rings. The van der Waals surface area contributed by atoms with E-state index in [0.717, 1.165) is 35.1 Å². The number of carbonyl (C=O) groups is 2. The van der Waals surface area contributed by atoms with Crippen LogP contribution in [0.5, 0.6) is 0 Å². The molecule has 0 radical (unpaired) electrons. The molecule has 1 aliphatic heterocycles. The molecule has 4 rings (SSSR count). The number of pyridine rings is 1. The lowest BCUT2D eigenvalue weighted by atomic mass is 9.73. The van der Waals surface area contributed by atoms with Gasteiger partial charge < -0.3 is 10.2 Å². The monoisotopic (exact) mass is 441 g/mol. The summed E-state index contributed by atoms with van der Waals surface area (Å²) >= 11 is 0. The highest BCUT2D eigenvalue weighted by atomic mass is 16.2. The maximum Gasteiger partial charge on any atom is 0.228 e. The van der Waals surface area contributed by atoms with Crippen LogP contribution < -0.4 is 5.32 Å². The van der Waals surface area contributed by atoms with Gasteiger partial charge in [-0.2, -0.15) is 0 Å². The Balaban J connectivity index is 1.61. The second kappa shape index (κ2) is 9.99. The SMILES string of the molecule is CNC(=O)C1(Cc2ccccc2-c2ccc(C)cc2)CCCN(C(=O)Cc2cccnc2)C1. The molecule has 1 saturated heterocycles. The van der Waals surface area contributed by atoms with Gasteiger partial charge in [0.2, 0.25) is 11.8 Å². The maximum absolute atomic E-state index is 13.3. The smallest absolute Gasteiger partial charge is 0.228 e. The number of amides is 2. The van der Waals surface area contributed by atoms with Gasteiger partial charge in [-0.25, -0.2) is 0 Å². The molecule has 3 aromatic rings. The normalized spacial score (nSPS) is 18.1. The number of likely N-dealkylation sites (tertiary alicyclic amines) is 1. The number of piperidine rings is 1. The number of nitrogens with zero attached hydrogens (tertiary/aromatic N) is 2. The van der Waals surface area contributed by atoms with E-state index in [-0.39, 0.29) is 11.8 Å². The van der Waals surface area contributed by atoms with Crippen molar-refractivity contribution >= 4 is 11.8 Å². The molecule has 2 heterocycles. The van der Waals surface area contributed by atoms with Crippen LogP contribution in [-0.2, 0) is 22.4 Å². The van der Waals surface area contributed by atoms with Crippen LogP contribution in [0.3, 0.4) is 0 Å². The highest BCUT2D eigenvalue weighted by Gasteiger charge is 2.43. The van der Waals surface area contributed by atoms with Crippen LogP contribution in [0.4, 0.5) is 0 Å². The largest absolute Gasteiger partial charge is 0.359 e. The van der Waals surface area contributed by atoms with Crippen LogP contribution in [-0.4, -0.2) is 41.8 Å². The summed E-state index contributed by atoms with van der Waals surface area (Å²) in [6, 6.07) is 20.5. The summed E-state index contributed by atoms with van der Waals surface area (Å²) in [4.78, 5) is 32.3. The third-order valence-corrected chi connectivity index (χ3v) is 6.63. The first-order chi connectivity index (χ1) is 16.0. The van der Waals surface area contributed by atoms with Gasteiger partial charge in [0.05, 0.1) is 11.8 Å². The zero-order valence-corrected chi connectivity index (χ0v) is 19.4. The highest BCUT2D eigenvalue weighted by molar-refractivity contribution is 5.85. The predicted molar refractivity (Wildman–Crippen MR) is 131 cm³/mol. The zero-order chi connectivity index (χ0) is 23.3. The number of carbonyl (C=O) groups excluding carboxylic acids is 2. The molecular formula is C28H31N3O2. The second-order valence-corrected chi connectivity index (χ2v) is 9.02. The molecule has 0 aliphatic carbocycles. The average Bonchev–Trinajstić information content (AvgIpc) is 2.85. The molecular weight excluding hydrogens is 410 g/mol. The summed E-state index contributed by atoms with van der Waals surface area (Å²) in [5.41, 5.74) is 4.87. The maximum atomic E-state index is 13.3. The van der Waals surface area contributed by atoms with Gasteiger partial charge in [0.1, 0.15) is 0 Å². The summed E-state index contributed by atoms with van der Waals surface area (Å²) in [6.07, 6.45) is 5.89. The Morgan fingerprint density at radius 2 is 1.85 bits per heavy atom. The Bertz CT molecular complexity index is 1110. The first-order valence-corrected chi connectivity index (χ1v) is 11.5. The van der Waals surface area contributed by atoms with Crippen molar-refractivity contribution in [3.05, 3.63) is 89.7 Å². The van der Waals surface area contributed by atoms with Gasteiger partial charge >= 0.3 is 0 Å². The van der Waals surface area contributed by atoms with Crippen molar-refractivity contribution in [1.82, 2.24) is 15.2 Å². The van der Waals surface area contributed by atoms with Gasteiger partial charge in [0.15, 0.2) is 0 Å². The first kappa shape index (κ1) is 22.7. The molecule has 0 spiro atoms. The summed E-state index contributed by atoms with van der Waals surface area (Å²) in [5, 5.41) is 2.88. The van der Waals surface area contributed by atoms with E-state index in [1.165, 1.54) is 5.56 Å². The Kier molecular flexibility index (Phi) is 6.87. The number of hydrogen-bond acceptors (Lipinski definition) is 3. The van der Waals surface area contributed by atoms with Crippen LogP contribution in [0, 0.1) is 12.3 Å². The van der Waals surface area contributed by atoms with E-state index in [9.17, 15) is 9.59 Å². The van der Waals surface area contributed by atoms with Crippen molar-refractivity contribution < 1.29 is 9.59 Å². The number of nitrogens with one attached hydrogen (secondary N) is 1. The van der Waals surface area contributed by atoms with Crippen molar-refractivity contribution in [3.63, 3.8) is 0 Å². The summed E-state index contributed by atoms with van der Waals surface area (Å²) < 4.78 is 0. The minimum absolute atomic E-state index is 0.0000805. The minimum Gasteiger partial charge on any atom is -0.359 e. The van der Waals surface area contributed by atoms with Gasteiger partial charge in [0.25, 0.3) is 0 Å². The van der Waals surface area contributed by atoms with Crippen molar-refractivity contribution in [2.24, 2.45) is 5.41 Å². The van der Waals surface area contributed by atoms with Crippen molar-refractivity contribution in [2.45, 2.75) is 32.6 Å². The molecule has 0 bridgehead atoms. The quantitative estimate of drug-likeness (QED) is 0.624. The number of benzene rings is 2. The lowest BCUT2D eigenvalue weighted by Crippen LogP contribution is -2.54. The molecule has 33 heavy (non-hydrogen) atoms. The molecule has 1 aromatic heterocycles. The molecule has 2 amide bonds. The lowest BCUT2D eigenvalue weighted by molar-refractivity contribution is -0.141. The summed E-state index contributed by atoms with van der Waals surface area (Å²) in [7, 11) is 1.69. The van der Waals surface area contributed by atoms with E-state index in [1.54, 1.807) is 19.4 Å². The minimum atomic E-state index is -0.654. The Morgan fingerprint density at radius 3 is 2.58 bits per heavy atom. The number of aryl methyl sites for hydroxylation is 1. The predicted octanol–water partition coefficient (Wildman–Crippen LogP) is 4.20. The van der Waals surface area contributed by atoms with E-state index < -0.39 is 5.41 Å². The Morgan fingerprint density at radius 1 is 1.06 bits per heavy atom. The molecule has 1 unspecified atom stereocenters. The number of rotatable bonds is 6. The molecule has 2 aromatic carbocycles. The van der Waals surface area contributed by atoms with E-state index in [1.807, 2.05) is 29.2 Å². The van der Waals surface area contributed by atoms with Crippen molar-refractivity contribution in [1.29, 1.82) is 0 Å². The van der Waals surface area contributed by atoms with Gasteiger partial charge in [-0.15, -0.1) is 0 Å². The van der Waals surface area contributed by atoms with Gasteiger partial charge in [-0.1, -0.05) is 60.2 Å². The van der Waals surface area contributed by atoms with Crippen LogP contribution in [0.2, 0.25) is 0 Å². The van der Waals surface area contributed by atoms with E-state index in [2.05, 4.69) is 53.6 Å². The molecule has 1 atom stereocenters. The highest BCUT2D eigenvalue weighted by Crippen LogP contribution is 2.37. The van der Waals surface area contributed by atoms with E-state index in [0.29, 0.717) is 25.9 Å². The second-order valence-electron chi connectivity index (χ2n) is 9.02. The molecule has 0 saturated carbocycles.